The normalized spacial score (nSPS) is 10.1. The molecule has 0 atom stereocenters. The Hall–Kier alpha value is -1.10. The highest BCUT2D eigenvalue weighted by atomic mass is 79.9. The Morgan fingerprint density at radius 2 is 1.89 bits per heavy atom. The summed E-state index contributed by atoms with van der Waals surface area (Å²) in [5.74, 6) is 1.15. The summed E-state index contributed by atoms with van der Waals surface area (Å²) in [4.78, 5) is 0.291. The predicted octanol–water partition coefficient (Wildman–Crippen LogP) is 4.53. The van der Waals surface area contributed by atoms with Crippen molar-refractivity contribution in [2.75, 3.05) is 0 Å². The van der Waals surface area contributed by atoms with E-state index in [4.69, 9.17) is 34.3 Å². The molecule has 0 amide bonds. The molecule has 18 heavy (non-hydrogen) atoms. The van der Waals surface area contributed by atoms with Crippen molar-refractivity contribution < 1.29 is 4.74 Å². The number of benzene rings is 2. The van der Waals surface area contributed by atoms with E-state index in [1.807, 2.05) is 24.3 Å². The van der Waals surface area contributed by atoms with Crippen LogP contribution in [0.15, 0.2) is 46.9 Å². The highest BCUT2D eigenvalue weighted by Crippen LogP contribution is 2.33. The summed E-state index contributed by atoms with van der Waals surface area (Å²) in [5.41, 5.74) is 6.33. The fourth-order valence-corrected chi connectivity index (χ4v) is 2.32. The summed E-state index contributed by atoms with van der Waals surface area (Å²) in [5, 5.41) is 0.516. The zero-order valence-corrected chi connectivity index (χ0v) is 12.3. The number of nitrogens with two attached hydrogens (primary N) is 1. The maximum absolute atomic E-state index is 6.09. The molecule has 0 unspecified atom stereocenters. The van der Waals surface area contributed by atoms with Crippen molar-refractivity contribution >= 4 is 44.7 Å². The maximum Gasteiger partial charge on any atom is 0.146 e. The molecule has 0 bridgehead atoms. The van der Waals surface area contributed by atoms with E-state index in [-0.39, 0.29) is 0 Å². The summed E-state index contributed by atoms with van der Waals surface area (Å²) in [6, 6.07) is 12.7. The second-order valence-electron chi connectivity index (χ2n) is 3.54. The Balaban J connectivity index is 2.37. The van der Waals surface area contributed by atoms with E-state index in [9.17, 15) is 0 Å². The van der Waals surface area contributed by atoms with Gasteiger partial charge in [0.05, 0.1) is 10.6 Å². The third kappa shape index (κ3) is 3.02. The van der Waals surface area contributed by atoms with Gasteiger partial charge in [-0.1, -0.05) is 51.9 Å². The van der Waals surface area contributed by atoms with Crippen LogP contribution < -0.4 is 10.5 Å². The molecule has 0 aliphatic carbocycles. The second-order valence-corrected chi connectivity index (χ2v) is 5.30. The third-order valence-corrected chi connectivity index (χ3v) is 3.27. The van der Waals surface area contributed by atoms with Crippen molar-refractivity contribution in [3.05, 3.63) is 57.5 Å². The van der Waals surface area contributed by atoms with E-state index in [0.717, 1.165) is 4.47 Å². The topological polar surface area (TPSA) is 35.2 Å². The number of hydrogen-bond acceptors (Lipinski definition) is 2. The van der Waals surface area contributed by atoms with Crippen LogP contribution in [0.4, 0.5) is 0 Å². The molecule has 0 saturated carbocycles. The van der Waals surface area contributed by atoms with E-state index in [1.54, 1.807) is 18.2 Å². The summed E-state index contributed by atoms with van der Waals surface area (Å²) in [6.07, 6.45) is 0. The van der Waals surface area contributed by atoms with Crippen molar-refractivity contribution in [1.29, 1.82) is 0 Å². The summed E-state index contributed by atoms with van der Waals surface area (Å²) >= 11 is 14.4. The minimum absolute atomic E-state index is 0.291. The van der Waals surface area contributed by atoms with Gasteiger partial charge in [0, 0.05) is 4.47 Å². The average molecular weight is 343 g/mol. The minimum Gasteiger partial charge on any atom is -0.455 e. The fraction of sp³-hybridized carbons (Fsp3) is 0. The maximum atomic E-state index is 6.09. The van der Waals surface area contributed by atoms with E-state index < -0.39 is 0 Å². The van der Waals surface area contributed by atoms with Crippen LogP contribution in [-0.4, -0.2) is 4.99 Å². The zero-order valence-electron chi connectivity index (χ0n) is 9.19. The Morgan fingerprint density at radius 1 is 1.17 bits per heavy atom. The molecule has 5 heteroatoms. The van der Waals surface area contributed by atoms with Gasteiger partial charge in [-0.2, -0.15) is 0 Å². The first-order chi connectivity index (χ1) is 8.58. The Morgan fingerprint density at radius 3 is 2.56 bits per heavy atom. The molecule has 0 radical (unpaired) electrons. The van der Waals surface area contributed by atoms with Crippen LogP contribution >= 0.6 is 39.7 Å². The number of ether oxygens (including phenoxy) is 1. The van der Waals surface area contributed by atoms with Gasteiger partial charge < -0.3 is 10.5 Å². The van der Waals surface area contributed by atoms with Crippen LogP contribution in [0.5, 0.6) is 11.5 Å². The van der Waals surface area contributed by atoms with Gasteiger partial charge in [0.1, 0.15) is 16.5 Å². The van der Waals surface area contributed by atoms with Gasteiger partial charge >= 0.3 is 0 Å². The lowest BCUT2D eigenvalue weighted by Crippen LogP contribution is -2.10. The number of para-hydroxylation sites is 1. The molecule has 0 fully saturated rings. The number of thiocarbonyl (C=S) groups is 1. The first-order valence-electron chi connectivity index (χ1n) is 5.09. The summed E-state index contributed by atoms with van der Waals surface area (Å²) in [6.45, 7) is 0. The molecular weight excluding hydrogens is 334 g/mol. The van der Waals surface area contributed by atoms with E-state index in [1.165, 1.54) is 0 Å². The van der Waals surface area contributed by atoms with Gasteiger partial charge in [-0.3, -0.25) is 0 Å². The Kier molecular flexibility index (Phi) is 4.22. The lowest BCUT2D eigenvalue weighted by Gasteiger charge is -2.11. The summed E-state index contributed by atoms with van der Waals surface area (Å²) in [7, 11) is 0. The SMILES string of the molecule is NC(=S)c1ccccc1Oc1ccc(Br)cc1Cl. The van der Waals surface area contributed by atoms with E-state index >= 15 is 0 Å². The third-order valence-electron chi connectivity index (χ3n) is 2.27. The van der Waals surface area contributed by atoms with Gasteiger partial charge in [0.25, 0.3) is 0 Å². The molecule has 2 nitrogen and oxygen atoms in total. The highest BCUT2D eigenvalue weighted by molar-refractivity contribution is 9.10. The highest BCUT2D eigenvalue weighted by Gasteiger charge is 2.09. The van der Waals surface area contributed by atoms with Crippen molar-refractivity contribution in [3.63, 3.8) is 0 Å². The smallest absolute Gasteiger partial charge is 0.146 e. The molecular formula is C13H9BrClNOS. The molecule has 0 aromatic heterocycles. The first kappa shape index (κ1) is 13.3. The van der Waals surface area contributed by atoms with Crippen molar-refractivity contribution in [2.24, 2.45) is 5.73 Å². The van der Waals surface area contributed by atoms with Crippen molar-refractivity contribution in [1.82, 2.24) is 0 Å². The standard InChI is InChI=1S/C13H9BrClNOS/c14-8-5-6-12(10(15)7-8)17-11-4-2-1-3-9(11)13(16)18/h1-7H,(H2,16,18). The van der Waals surface area contributed by atoms with Crippen LogP contribution in [0.3, 0.4) is 0 Å². The fourth-order valence-electron chi connectivity index (χ4n) is 1.44. The molecule has 2 rings (SSSR count). The molecule has 0 heterocycles. The Labute approximate surface area is 124 Å². The molecule has 0 aliphatic heterocycles. The predicted molar refractivity (Wildman–Crippen MR) is 81.6 cm³/mol. The van der Waals surface area contributed by atoms with Crippen LogP contribution in [0, 0.1) is 0 Å². The van der Waals surface area contributed by atoms with Gasteiger partial charge in [0.2, 0.25) is 0 Å². The Bertz CT molecular complexity index is 603. The number of halogens is 2. The lowest BCUT2D eigenvalue weighted by molar-refractivity contribution is 0.482. The average Bonchev–Trinajstić information content (AvgIpc) is 2.33. The molecule has 0 spiro atoms. The minimum atomic E-state index is 0.291. The van der Waals surface area contributed by atoms with E-state index in [2.05, 4.69) is 15.9 Å². The van der Waals surface area contributed by atoms with Crippen LogP contribution in [0.1, 0.15) is 5.56 Å². The van der Waals surface area contributed by atoms with E-state index in [0.29, 0.717) is 27.1 Å². The molecule has 92 valence electrons. The monoisotopic (exact) mass is 341 g/mol. The number of hydrogen-bond donors (Lipinski definition) is 1. The van der Waals surface area contributed by atoms with Gasteiger partial charge in [-0.15, -0.1) is 0 Å². The molecule has 0 saturated heterocycles. The van der Waals surface area contributed by atoms with Crippen LogP contribution in [0.25, 0.3) is 0 Å². The molecule has 2 aromatic carbocycles. The molecule has 2 aromatic rings. The molecule has 2 N–H and O–H groups in total. The summed E-state index contributed by atoms with van der Waals surface area (Å²) < 4.78 is 6.63. The lowest BCUT2D eigenvalue weighted by atomic mass is 10.2. The molecule has 0 aliphatic rings. The quantitative estimate of drug-likeness (QED) is 0.832. The van der Waals surface area contributed by atoms with Crippen LogP contribution in [-0.2, 0) is 0 Å². The van der Waals surface area contributed by atoms with Crippen molar-refractivity contribution in [2.45, 2.75) is 0 Å². The van der Waals surface area contributed by atoms with Gasteiger partial charge in [-0.25, -0.2) is 0 Å². The van der Waals surface area contributed by atoms with Crippen LogP contribution in [0.2, 0.25) is 5.02 Å². The zero-order chi connectivity index (χ0) is 13.1. The first-order valence-corrected chi connectivity index (χ1v) is 6.67. The number of rotatable bonds is 3. The van der Waals surface area contributed by atoms with Crippen molar-refractivity contribution in [3.8, 4) is 11.5 Å². The van der Waals surface area contributed by atoms with Gasteiger partial charge in [-0.05, 0) is 30.3 Å². The van der Waals surface area contributed by atoms with Gasteiger partial charge in [0.15, 0.2) is 0 Å². The second kappa shape index (κ2) is 5.69. The largest absolute Gasteiger partial charge is 0.455 e.